The summed E-state index contributed by atoms with van der Waals surface area (Å²) < 4.78 is 0. The molecule has 0 aliphatic heterocycles. The van der Waals surface area contributed by atoms with E-state index in [-0.39, 0.29) is 0 Å². The Labute approximate surface area is 119 Å². The first kappa shape index (κ1) is 13.9. The molecule has 1 atom stereocenters. The Morgan fingerprint density at radius 2 is 1.63 bits per heavy atom. The van der Waals surface area contributed by atoms with Gasteiger partial charge < -0.3 is 5.73 Å². The van der Waals surface area contributed by atoms with Crippen molar-refractivity contribution < 1.29 is 0 Å². The summed E-state index contributed by atoms with van der Waals surface area (Å²) in [5.41, 5.74) is 6.71. The van der Waals surface area contributed by atoms with Gasteiger partial charge in [-0.15, -0.1) is 0 Å². The van der Waals surface area contributed by atoms with Gasteiger partial charge in [-0.2, -0.15) is 0 Å². The van der Waals surface area contributed by atoms with Crippen molar-refractivity contribution in [2.75, 3.05) is 20.1 Å². The fourth-order valence-corrected chi connectivity index (χ4v) is 5.88. The second-order valence-corrected chi connectivity index (χ2v) is 7.89. The van der Waals surface area contributed by atoms with Crippen LogP contribution in [0.15, 0.2) is 0 Å². The van der Waals surface area contributed by atoms with Gasteiger partial charge in [0.2, 0.25) is 0 Å². The van der Waals surface area contributed by atoms with Gasteiger partial charge in [0.1, 0.15) is 0 Å². The zero-order valence-electron chi connectivity index (χ0n) is 13.1. The van der Waals surface area contributed by atoms with Crippen molar-refractivity contribution in [3.05, 3.63) is 0 Å². The van der Waals surface area contributed by atoms with Crippen LogP contribution in [0.25, 0.3) is 0 Å². The van der Waals surface area contributed by atoms with Crippen LogP contribution in [-0.4, -0.2) is 30.6 Å². The van der Waals surface area contributed by atoms with Crippen LogP contribution in [0.4, 0.5) is 0 Å². The molecule has 0 radical (unpaired) electrons. The molecule has 4 rings (SSSR count). The van der Waals surface area contributed by atoms with Gasteiger partial charge in [0.15, 0.2) is 0 Å². The molecule has 4 aliphatic rings. The molecule has 2 N–H and O–H groups in total. The predicted octanol–water partition coefficient (Wildman–Crippen LogP) is 3.12. The maximum Gasteiger partial charge on any atom is 0.0385 e. The van der Waals surface area contributed by atoms with E-state index in [1.807, 2.05) is 0 Å². The fourth-order valence-electron chi connectivity index (χ4n) is 5.88. The molecule has 4 bridgehead atoms. The number of nitrogens with zero attached hydrogens (tertiary/aromatic N) is 1. The summed E-state index contributed by atoms with van der Waals surface area (Å²) in [5.74, 6) is 4.66. The highest BCUT2D eigenvalue weighted by atomic mass is 15.2. The van der Waals surface area contributed by atoms with Crippen LogP contribution in [0.5, 0.6) is 0 Å². The van der Waals surface area contributed by atoms with Gasteiger partial charge >= 0.3 is 0 Å². The van der Waals surface area contributed by atoms with Crippen LogP contribution in [-0.2, 0) is 0 Å². The average Bonchev–Trinajstić information content (AvgIpc) is 2.38. The highest BCUT2D eigenvalue weighted by Crippen LogP contribution is 2.59. The van der Waals surface area contributed by atoms with E-state index < -0.39 is 0 Å². The SMILES string of the molecule is CCC(C)CN(C)C1(CN)C2CC3CC(C2)CC1C3. The number of likely N-dealkylation sites (N-methyl/N-ethyl adjacent to an activating group) is 1. The van der Waals surface area contributed by atoms with Crippen LogP contribution < -0.4 is 5.73 Å². The van der Waals surface area contributed by atoms with Crippen molar-refractivity contribution in [2.24, 2.45) is 35.3 Å². The van der Waals surface area contributed by atoms with E-state index >= 15 is 0 Å². The largest absolute Gasteiger partial charge is 0.329 e. The molecule has 2 nitrogen and oxygen atoms in total. The third-order valence-electron chi connectivity index (χ3n) is 6.87. The molecule has 0 heterocycles. The topological polar surface area (TPSA) is 29.3 Å². The summed E-state index contributed by atoms with van der Waals surface area (Å²) in [6.07, 6.45) is 8.68. The van der Waals surface area contributed by atoms with E-state index in [1.165, 1.54) is 45.1 Å². The monoisotopic (exact) mass is 264 g/mol. The quantitative estimate of drug-likeness (QED) is 0.826. The van der Waals surface area contributed by atoms with Crippen molar-refractivity contribution in [1.29, 1.82) is 0 Å². The normalized spacial score (nSPS) is 45.9. The summed E-state index contributed by atoms with van der Waals surface area (Å²) in [7, 11) is 2.36. The minimum Gasteiger partial charge on any atom is -0.329 e. The van der Waals surface area contributed by atoms with E-state index in [1.54, 1.807) is 0 Å². The standard InChI is InChI=1S/C17H32N2/c1-4-12(2)10-19(3)17(11-18)15-6-13-5-14(8-15)9-16(17)7-13/h12-16H,4-11,18H2,1-3H3. The molecule has 110 valence electrons. The molecule has 4 aliphatic carbocycles. The minimum atomic E-state index is 0.344. The fraction of sp³-hybridized carbons (Fsp3) is 1.00. The molecular formula is C17H32N2. The molecule has 0 amide bonds. The molecule has 1 unspecified atom stereocenters. The summed E-state index contributed by atoms with van der Waals surface area (Å²) >= 11 is 0. The van der Waals surface area contributed by atoms with Gasteiger partial charge in [0.05, 0.1) is 0 Å². The summed E-state index contributed by atoms with van der Waals surface area (Å²) in [6.45, 7) is 6.81. The van der Waals surface area contributed by atoms with Crippen LogP contribution in [0.3, 0.4) is 0 Å². The molecule has 0 spiro atoms. The molecule has 0 aromatic heterocycles. The summed E-state index contributed by atoms with van der Waals surface area (Å²) in [4.78, 5) is 2.69. The first-order valence-electron chi connectivity index (χ1n) is 8.51. The lowest BCUT2D eigenvalue weighted by molar-refractivity contribution is -0.126. The summed E-state index contributed by atoms with van der Waals surface area (Å²) in [6, 6.07) is 0. The van der Waals surface area contributed by atoms with Gasteiger partial charge in [-0.05, 0) is 68.7 Å². The van der Waals surface area contributed by atoms with Crippen LogP contribution in [0.2, 0.25) is 0 Å². The molecule has 19 heavy (non-hydrogen) atoms. The third-order valence-corrected chi connectivity index (χ3v) is 6.87. The van der Waals surface area contributed by atoms with E-state index in [4.69, 9.17) is 5.73 Å². The van der Waals surface area contributed by atoms with Gasteiger partial charge in [-0.1, -0.05) is 20.3 Å². The highest BCUT2D eigenvalue weighted by Gasteiger charge is 2.58. The number of hydrogen-bond acceptors (Lipinski definition) is 2. The lowest BCUT2D eigenvalue weighted by Crippen LogP contribution is -2.68. The lowest BCUT2D eigenvalue weighted by atomic mass is 9.48. The average molecular weight is 264 g/mol. The van der Waals surface area contributed by atoms with E-state index in [9.17, 15) is 0 Å². The summed E-state index contributed by atoms with van der Waals surface area (Å²) in [5, 5.41) is 0. The molecule has 2 heteroatoms. The van der Waals surface area contributed by atoms with Crippen molar-refractivity contribution in [1.82, 2.24) is 4.90 Å². The Bertz CT molecular complexity index is 297. The Morgan fingerprint density at radius 1 is 1.11 bits per heavy atom. The van der Waals surface area contributed by atoms with Crippen LogP contribution in [0, 0.1) is 29.6 Å². The second kappa shape index (κ2) is 5.04. The molecule has 0 saturated heterocycles. The molecule has 4 saturated carbocycles. The Balaban J connectivity index is 1.82. The predicted molar refractivity (Wildman–Crippen MR) is 80.9 cm³/mol. The molecule has 0 aromatic rings. The number of hydrogen-bond donors (Lipinski definition) is 1. The Hall–Kier alpha value is -0.0800. The molecule has 0 aromatic carbocycles. The molecule has 4 fully saturated rings. The van der Waals surface area contributed by atoms with E-state index in [0.29, 0.717) is 5.54 Å². The zero-order chi connectivity index (χ0) is 13.6. The van der Waals surface area contributed by atoms with Gasteiger partial charge in [-0.25, -0.2) is 0 Å². The first-order chi connectivity index (χ1) is 9.10. The van der Waals surface area contributed by atoms with Gasteiger partial charge in [0, 0.05) is 18.6 Å². The number of nitrogens with two attached hydrogens (primary N) is 1. The highest BCUT2D eigenvalue weighted by molar-refractivity contribution is 5.12. The second-order valence-electron chi connectivity index (χ2n) is 7.89. The zero-order valence-corrected chi connectivity index (χ0v) is 13.1. The van der Waals surface area contributed by atoms with Crippen LogP contribution >= 0.6 is 0 Å². The van der Waals surface area contributed by atoms with Crippen molar-refractivity contribution in [3.63, 3.8) is 0 Å². The van der Waals surface area contributed by atoms with E-state index in [2.05, 4.69) is 25.8 Å². The third kappa shape index (κ3) is 2.06. The van der Waals surface area contributed by atoms with Gasteiger partial charge in [-0.3, -0.25) is 4.90 Å². The van der Waals surface area contributed by atoms with Gasteiger partial charge in [0.25, 0.3) is 0 Å². The minimum absolute atomic E-state index is 0.344. The van der Waals surface area contributed by atoms with Crippen LogP contribution in [0.1, 0.15) is 52.4 Å². The van der Waals surface area contributed by atoms with Crippen molar-refractivity contribution in [2.45, 2.75) is 57.9 Å². The number of rotatable bonds is 5. The Morgan fingerprint density at radius 3 is 2.05 bits per heavy atom. The smallest absolute Gasteiger partial charge is 0.0385 e. The lowest BCUT2D eigenvalue weighted by Gasteiger charge is -2.64. The maximum absolute atomic E-state index is 6.37. The molecular weight excluding hydrogens is 232 g/mol. The maximum atomic E-state index is 6.37. The Kier molecular flexibility index (Phi) is 3.68. The van der Waals surface area contributed by atoms with E-state index in [0.717, 1.165) is 36.1 Å². The van der Waals surface area contributed by atoms with Crippen molar-refractivity contribution in [3.8, 4) is 0 Å². The van der Waals surface area contributed by atoms with Crippen molar-refractivity contribution >= 4 is 0 Å². The first-order valence-corrected chi connectivity index (χ1v) is 8.51.